The molecule has 1 heterocycles. The van der Waals surface area contributed by atoms with Gasteiger partial charge in [-0.05, 0) is 43.5 Å². The van der Waals surface area contributed by atoms with Gasteiger partial charge in [-0.3, -0.25) is 4.79 Å². The van der Waals surface area contributed by atoms with Crippen LogP contribution >= 0.6 is 0 Å². The molecule has 0 fully saturated rings. The molecule has 3 aromatic carbocycles. The summed E-state index contributed by atoms with van der Waals surface area (Å²) in [6.07, 6.45) is 1.71. The molecule has 4 nitrogen and oxygen atoms in total. The summed E-state index contributed by atoms with van der Waals surface area (Å²) in [7, 11) is 0. The van der Waals surface area contributed by atoms with Crippen LogP contribution in [0.25, 0.3) is 0 Å². The first kappa shape index (κ1) is 20.0. The van der Waals surface area contributed by atoms with Gasteiger partial charge in [0.2, 0.25) is 0 Å². The number of anilines is 1. The van der Waals surface area contributed by atoms with Crippen LogP contribution in [0.5, 0.6) is 5.75 Å². The highest BCUT2D eigenvalue weighted by molar-refractivity contribution is 6.02. The molecule has 4 rings (SSSR count). The van der Waals surface area contributed by atoms with Crippen molar-refractivity contribution in [2.75, 3.05) is 18.5 Å². The number of hydrogen-bond donors (Lipinski definition) is 1. The SMILES string of the molecule is CCCOc1ccccc1C1(C)Nc2ccccc2C(=O)N1CCc1ccccc1. The lowest BCUT2D eigenvalue weighted by Gasteiger charge is -2.47. The number of carbonyl (C=O) groups excluding carboxylic acids is 1. The van der Waals surface area contributed by atoms with Gasteiger partial charge in [0.25, 0.3) is 5.91 Å². The normalized spacial score (nSPS) is 17.9. The molecule has 3 aromatic rings. The fourth-order valence-corrected chi connectivity index (χ4v) is 4.09. The Kier molecular flexibility index (Phi) is 5.75. The van der Waals surface area contributed by atoms with Gasteiger partial charge < -0.3 is 15.0 Å². The molecule has 0 aliphatic carbocycles. The molecule has 1 aliphatic heterocycles. The maximum absolute atomic E-state index is 13.6. The summed E-state index contributed by atoms with van der Waals surface area (Å²) in [5.74, 6) is 0.847. The Hall–Kier alpha value is -3.27. The monoisotopic (exact) mass is 400 g/mol. The number of hydrogen-bond acceptors (Lipinski definition) is 3. The maximum atomic E-state index is 13.6. The van der Waals surface area contributed by atoms with Gasteiger partial charge in [0.15, 0.2) is 0 Å². The Morgan fingerprint density at radius 3 is 2.43 bits per heavy atom. The average molecular weight is 401 g/mol. The van der Waals surface area contributed by atoms with E-state index in [0.717, 1.165) is 29.8 Å². The van der Waals surface area contributed by atoms with Crippen LogP contribution in [0.4, 0.5) is 5.69 Å². The van der Waals surface area contributed by atoms with Crippen LogP contribution in [0.15, 0.2) is 78.9 Å². The van der Waals surface area contributed by atoms with E-state index in [9.17, 15) is 4.79 Å². The lowest BCUT2D eigenvalue weighted by atomic mass is 9.92. The number of amides is 1. The summed E-state index contributed by atoms with van der Waals surface area (Å²) in [6, 6.07) is 26.0. The predicted molar refractivity (Wildman–Crippen MR) is 121 cm³/mol. The minimum Gasteiger partial charge on any atom is -0.493 e. The van der Waals surface area contributed by atoms with Crippen LogP contribution in [-0.2, 0) is 12.1 Å². The number of fused-ring (bicyclic) bond motifs is 1. The Morgan fingerprint density at radius 1 is 0.933 bits per heavy atom. The first-order chi connectivity index (χ1) is 14.6. The first-order valence-electron chi connectivity index (χ1n) is 10.6. The second-order valence-corrected chi connectivity index (χ2v) is 7.78. The highest BCUT2D eigenvalue weighted by atomic mass is 16.5. The molecule has 30 heavy (non-hydrogen) atoms. The van der Waals surface area contributed by atoms with Crippen LogP contribution < -0.4 is 10.1 Å². The third-order valence-corrected chi connectivity index (χ3v) is 5.66. The molecule has 0 spiro atoms. The van der Waals surface area contributed by atoms with Gasteiger partial charge in [-0.1, -0.05) is 67.6 Å². The highest BCUT2D eigenvalue weighted by Gasteiger charge is 2.43. The molecule has 1 amide bonds. The molecule has 1 unspecified atom stereocenters. The number of para-hydroxylation sites is 2. The van der Waals surface area contributed by atoms with E-state index in [2.05, 4.69) is 37.4 Å². The second-order valence-electron chi connectivity index (χ2n) is 7.78. The van der Waals surface area contributed by atoms with Crippen molar-refractivity contribution in [1.82, 2.24) is 4.90 Å². The molecular weight excluding hydrogens is 372 g/mol. The fourth-order valence-electron chi connectivity index (χ4n) is 4.09. The van der Waals surface area contributed by atoms with Gasteiger partial charge in [0.1, 0.15) is 11.4 Å². The molecule has 1 atom stereocenters. The van der Waals surface area contributed by atoms with Crippen LogP contribution in [0.1, 0.15) is 41.8 Å². The van der Waals surface area contributed by atoms with Crippen molar-refractivity contribution in [3.8, 4) is 5.75 Å². The van der Waals surface area contributed by atoms with Crippen molar-refractivity contribution in [1.29, 1.82) is 0 Å². The summed E-state index contributed by atoms with van der Waals surface area (Å²) in [5.41, 5.74) is 3.02. The fraction of sp³-hybridized carbons (Fsp3) is 0.269. The van der Waals surface area contributed by atoms with E-state index in [-0.39, 0.29) is 5.91 Å². The number of nitrogens with zero attached hydrogens (tertiary/aromatic N) is 1. The first-order valence-corrected chi connectivity index (χ1v) is 10.6. The van der Waals surface area contributed by atoms with Gasteiger partial charge in [-0.25, -0.2) is 0 Å². The lowest BCUT2D eigenvalue weighted by Crippen LogP contribution is -2.56. The smallest absolute Gasteiger partial charge is 0.258 e. The summed E-state index contributed by atoms with van der Waals surface area (Å²) in [5, 5.41) is 3.65. The van der Waals surface area contributed by atoms with Crippen molar-refractivity contribution < 1.29 is 9.53 Å². The second kappa shape index (κ2) is 8.62. The van der Waals surface area contributed by atoms with Crippen LogP contribution in [0.2, 0.25) is 0 Å². The zero-order chi connectivity index (χ0) is 21.0. The van der Waals surface area contributed by atoms with E-state index in [1.807, 2.05) is 65.6 Å². The maximum Gasteiger partial charge on any atom is 0.258 e. The molecular formula is C26H28N2O2. The zero-order valence-electron chi connectivity index (χ0n) is 17.6. The molecule has 0 saturated carbocycles. The average Bonchev–Trinajstić information content (AvgIpc) is 2.78. The summed E-state index contributed by atoms with van der Waals surface area (Å²) in [4.78, 5) is 15.5. The Labute approximate surface area is 178 Å². The Bertz CT molecular complexity index is 1020. The summed E-state index contributed by atoms with van der Waals surface area (Å²) in [6.45, 7) is 5.40. The van der Waals surface area contributed by atoms with Gasteiger partial charge in [-0.2, -0.15) is 0 Å². The van der Waals surface area contributed by atoms with E-state index < -0.39 is 5.66 Å². The summed E-state index contributed by atoms with van der Waals surface area (Å²) >= 11 is 0. The van der Waals surface area contributed by atoms with Crippen molar-refractivity contribution >= 4 is 11.6 Å². The topological polar surface area (TPSA) is 41.6 Å². The number of nitrogens with one attached hydrogen (secondary N) is 1. The van der Waals surface area contributed by atoms with Gasteiger partial charge in [-0.15, -0.1) is 0 Å². The molecule has 0 radical (unpaired) electrons. The van der Waals surface area contributed by atoms with Gasteiger partial charge in [0, 0.05) is 17.8 Å². The third-order valence-electron chi connectivity index (χ3n) is 5.66. The number of rotatable bonds is 7. The molecule has 154 valence electrons. The molecule has 1 aliphatic rings. The predicted octanol–water partition coefficient (Wildman–Crippen LogP) is 5.46. The van der Waals surface area contributed by atoms with E-state index in [1.165, 1.54) is 5.56 Å². The van der Waals surface area contributed by atoms with E-state index in [4.69, 9.17) is 4.74 Å². The van der Waals surface area contributed by atoms with Crippen LogP contribution in [0.3, 0.4) is 0 Å². The lowest BCUT2D eigenvalue weighted by molar-refractivity contribution is 0.0533. The van der Waals surface area contributed by atoms with Crippen LogP contribution in [-0.4, -0.2) is 24.0 Å². The standard InChI is InChI=1S/C26H28N2O2/c1-3-19-30-24-16-10-8-14-22(24)26(2)27-23-15-9-7-13-21(23)25(29)28(26)18-17-20-11-5-4-6-12-20/h4-16,27H,3,17-19H2,1-2H3. The number of ether oxygens (including phenoxy) is 1. The largest absolute Gasteiger partial charge is 0.493 e. The zero-order valence-corrected chi connectivity index (χ0v) is 17.6. The number of carbonyl (C=O) groups is 1. The van der Waals surface area contributed by atoms with Crippen LogP contribution in [0, 0.1) is 0 Å². The van der Waals surface area contributed by atoms with Gasteiger partial charge >= 0.3 is 0 Å². The van der Waals surface area contributed by atoms with Crippen molar-refractivity contribution in [3.63, 3.8) is 0 Å². The van der Waals surface area contributed by atoms with E-state index >= 15 is 0 Å². The van der Waals surface area contributed by atoms with Crippen molar-refractivity contribution in [2.45, 2.75) is 32.4 Å². The summed E-state index contributed by atoms with van der Waals surface area (Å²) < 4.78 is 6.06. The quantitative estimate of drug-likeness (QED) is 0.573. The van der Waals surface area contributed by atoms with Crippen molar-refractivity contribution in [3.05, 3.63) is 95.6 Å². The van der Waals surface area contributed by atoms with E-state index in [0.29, 0.717) is 18.7 Å². The Morgan fingerprint density at radius 2 is 1.63 bits per heavy atom. The molecule has 0 bridgehead atoms. The molecule has 4 heteroatoms. The molecule has 1 N–H and O–H groups in total. The highest BCUT2D eigenvalue weighted by Crippen LogP contribution is 2.41. The molecule has 0 aromatic heterocycles. The minimum atomic E-state index is -0.718. The van der Waals surface area contributed by atoms with Crippen molar-refractivity contribution in [2.24, 2.45) is 0 Å². The van der Waals surface area contributed by atoms with E-state index in [1.54, 1.807) is 0 Å². The third kappa shape index (κ3) is 3.78. The minimum absolute atomic E-state index is 0.0353. The molecule has 0 saturated heterocycles. The number of benzene rings is 3. The van der Waals surface area contributed by atoms with Gasteiger partial charge in [0.05, 0.1) is 12.2 Å². The Balaban J connectivity index is 1.75.